The third kappa shape index (κ3) is 3.00. The molecular formula is C12H12N4O2. The third-order valence-corrected chi connectivity index (χ3v) is 2.25. The lowest BCUT2D eigenvalue weighted by Gasteiger charge is -2.05. The van der Waals surface area contributed by atoms with Gasteiger partial charge in [0.2, 0.25) is 0 Å². The van der Waals surface area contributed by atoms with Crippen molar-refractivity contribution in [1.82, 2.24) is 15.0 Å². The SMILES string of the molecule is Cc1cnc(CNc2cccc(C(=O)O)n2)cn1. The van der Waals surface area contributed by atoms with E-state index in [4.69, 9.17) is 5.11 Å². The number of aromatic nitrogens is 3. The van der Waals surface area contributed by atoms with Crippen LogP contribution >= 0.6 is 0 Å². The second kappa shape index (κ2) is 5.22. The van der Waals surface area contributed by atoms with E-state index >= 15 is 0 Å². The summed E-state index contributed by atoms with van der Waals surface area (Å²) in [6.07, 6.45) is 3.35. The Balaban J connectivity index is 2.04. The van der Waals surface area contributed by atoms with Crippen molar-refractivity contribution in [3.63, 3.8) is 0 Å². The molecular weight excluding hydrogens is 232 g/mol. The third-order valence-electron chi connectivity index (χ3n) is 2.25. The van der Waals surface area contributed by atoms with Crippen molar-refractivity contribution in [3.05, 3.63) is 47.7 Å². The Kier molecular flexibility index (Phi) is 3.47. The summed E-state index contributed by atoms with van der Waals surface area (Å²) in [4.78, 5) is 23.0. The van der Waals surface area contributed by atoms with Crippen LogP contribution < -0.4 is 5.32 Å². The van der Waals surface area contributed by atoms with Crippen molar-refractivity contribution in [2.75, 3.05) is 5.32 Å². The van der Waals surface area contributed by atoms with Gasteiger partial charge in [-0.3, -0.25) is 9.97 Å². The molecule has 0 aliphatic rings. The molecule has 2 aromatic heterocycles. The van der Waals surface area contributed by atoms with Crippen LogP contribution in [-0.2, 0) is 6.54 Å². The average Bonchev–Trinajstić information content (AvgIpc) is 2.38. The van der Waals surface area contributed by atoms with E-state index in [1.807, 2.05) is 6.92 Å². The van der Waals surface area contributed by atoms with Crippen LogP contribution in [0.4, 0.5) is 5.82 Å². The maximum absolute atomic E-state index is 10.8. The summed E-state index contributed by atoms with van der Waals surface area (Å²) < 4.78 is 0. The number of hydrogen-bond acceptors (Lipinski definition) is 5. The highest BCUT2D eigenvalue weighted by Gasteiger charge is 2.04. The van der Waals surface area contributed by atoms with E-state index in [0.717, 1.165) is 11.4 Å². The Morgan fingerprint density at radius 3 is 2.83 bits per heavy atom. The van der Waals surface area contributed by atoms with E-state index in [1.54, 1.807) is 24.5 Å². The number of carbonyl (C=O) groups is 1. The van der Waals surface area contributed by atoms with Gasteiger partial charge >= 0.3 is 5.97 Å². The summed E-state index contributed by atoms with van der Waals surface area (Å²) in [5.74, 6) is -0.550. The maximum atomic E-state index is 10.8. The van der Waals surface area contributed by atoms with Gasteiger partial charge in [-0.25, -0.2) is 9.78 Å². The summed E-state index contributed by atoms with van der Waals surface area (Å²) in [6.45, 7) is 2.31. The molecule has 0 aliphatic heterocycles. The number of aryl methyl sites for hydroxylation is 1. The molecule has 0 radical (unpaired) electrons. The molecule has 0 aliphatic carbocycles. The van der Waals surface area contributed by atoms with Crippen molar-refractivity contribution in [1.29, 1.82) is 0 Å². The number of hydrogen-bond donors (Lipinski definition) is 2. The topological polar surface area (TPSA) is 88.0 Å². The number of nitrogens with zero attached hydrogens (tertiary/aromatic N) is 3. The second-order valence-corrected chi connectivity index (χ2v) is 3.72. The Morgan fingerprint density at radius 1 is 1.33 bits per heavy atom. The first kappa shape index (κ1) is 12.0. The molecule has 0 bridgehead atoms. The monoisotopic (exact) mass is 244 g/mol. The van der Waals surface area contributed by atoms with E-state index in [-0.39, 0.29) is 5.69 Å². The van der Waals surface area contributed by atoms with E-state index in [2.05, 4.69) is 20.3 Å². The standard InChI is InChI=1S/C12H12N4O2/c1-8-5-14-9(6-13-8)7-15-11-4-2-3-10(16-11)12(17)18/h2-6H,7H2,1H3,(H,15,16)(H,17,18). The van der Waals surface area contributed by atoms with Gasteiger partial charge in [-0.2, -0.15) is 0 Å². The van der Waals surface area contributed by atoms with Crippen LogP contribution in [0.25, 0.3) is 0 Å². The number of anilines is 1. The molecule has 0 aromatic carbocycles. The molecule has 2 rings (SSSR count). The minimum absolute atomic E-state index is 0.00925. The quantitative estimate of drug-likeness (QED) is 0.847. The summed E-state index contributed by atoms with van der Waals surface area (Å²) in [7, 11) is 0. The number of aromatic carboxylic acids is 1. The summed E-state index contributed by atoms with van der Waals surface area (Å²) in [5, 5.41) is 11.8. The van der Waals surface area contributed by atoms with Gasteiger partial charge in [-0.1, -0.05) is 6.07 Å². The van der Waals surface area contributed by atoms with E-state index in [9.17, 15) is 4.79 Å². The van der Waals surface area contributed by atoms with E-state index < -0.39 is 5.97 Å². The predicted molar refractivity (Wildman–Crippen MR) is 65.3 cm³/mol. The van der Waals surface area contributed by atoms with Crippen LogP contribution in [0, 0.1) is 6.92 Å². The number of carboxylic acid groups (broad SMARTS) is 1. The number of rotatable bonds is 4. The van der Waals surface area contributed by atoms with Gasteiger partial charge in [0, 0.05) is 6.20 Å². The highest BCUT2D eigenvalue weighted by Crippen LogP contribution is 2.06. The Labute approximate surface area is 104 Å². The van der Waals surface area contributed by atoms with Gasteiger partial charge < -0.3 is 10.4 Å². The minimum atomic E-state index is -1.05. The molecule has 2 N–H and O–H groups in total. The number of carboxylic acids is 1. The molecule has 2 aromatic rings. The first-order valence-electron chi connectivity index (χ1n) is 5.37. The molecule has 0 saturated carbocycles. The van der Waals surface area contributed by atoms with Crippen LogP contribution in [0.2, 0.25) is 0 Å². The lowest BCUT2D eigenvalue weighted by molar-refractivity contribution is 0.0690. The minimum Gasteiger partial charge on any atom is -0.477 e. The molecule has 18 heavy (non-hydrogen) atoms. The van der Waals surface area contributed by atoms with Gasteiger partial charge in [-0.05, 0) is 19.1 Å². The second-order valence-electron chi connectivity index (χ2n) is 3.72. The molecule has 6 heteroatoms. The molecule has 92 valence electrons. The van der Waals surface area contributed by atoms with E-state index in [0.29, 0.717) is 12.4 Å². The van der Waals surface area contributed by atoms with Crippen LogP contribution in [0.5, 0.6) is 0 Å². The van der Waals surface area contributed by atoms with Crippen molar-refractivity contribution in [2.24, 2.45) is 0 Å². The van der Waals surface area contributed by atoms with Crippen LogP contribution in [0.3, 0.4) is 0 Å². The molecule has 2 heterocycles. The zero-order valence-electron chi connectivity index (χ0n) is 9.79. The first-order chi connectivity index (χ1) is 8.65. The highest BCUT2D eigenvalue weighted by atomic mass is 16.4. The lowest BCUT2D eigenvalue weighted by Crippen LogP contribution is -2.07. The fourth-order valence-corrected chi connectivity index (χ4v) is 1.34. The Bertz CT molecular complexity index is 554. The van der Waals surface area contributed by atoms with Crippen molar-refractivity contribution in [3.8, 4) is 0 Å². The zero-order valence-corrected chi connectivity index (χ0v) is 9.79. The molecule has 0 atom stereocenters. The number of nitrogens with one attached hydrogen (secondary N) is 1. The number of pyridine rings is 1. The fraction of sp³-hybridized carbons (Fsp3) is 0.167. The Morgan fingerprint density at radius 2 is 2.17 bits per heavy atom. The lowest BCUT2D eigenvalue weighted by atomic mass is 10.3. The maximum Gasteiger partial charge on any atom is 0.354 e. The van der Waals surface area contributed by atoms with Crippen LogP contribution in [0.1, 0.15) is 21.9 Å². The smallest absolute Gasteiger partial charge is 0.354 e. The molecule has 0 unspecified atom stereocenters. The Hall–Kier alpha value is -2.50. The van der Waals surface area contributed by atoms with Gasteiger partial charge in [0.15, 0.2) is 5.69 Å². The first-order valence-corrected chi connectivity index (χ1v) is 5.37. The average molecular weight is 244 g/mol. The predicted octanol–water partition coefficient (Wildman–Crippen LogP) is 1.49. The van der Waals surface area contributed by atoms with E-state index in [1.165, 1.54) is 6.07 Å². The van der Waals surface area contributed by atoms with Crippen molar-refractivity contribution < 1.29 is 9.90 Å². The summed E-state index contributed by atoms with van der Waals surface area (Å²) >= 11 is 0. The largest absolute Gasteiger partial charge is 0.477 e. The van der Waals surface area contributed by atoms with Crippen LogP contribution in [-0.4, -0.2) is 26.0 Å². The summed E-state index contributed by atoms with van der Waals surface area (Å²) in [5.41, 5.74) is 1.63. The fourth-order valence-electron chi connectivity index (χ4n) is 1.34. The van der Waals surface area contributed by atoms with Gasteiger partial charge in [0.25, 0.3) is 0 Å². The highest BCUT2D eigenvalue weighted by molar-refractivity contribution is 5.85. The molecule has 0 spiro atoms. The normalized spacial score (nSPS) is 10.1. The van der Waals surface area contributed by atoms with Crippen LogP contribution in [0.15, 0.2) is 30.6 Å². The van der Waals surface area contributed by atoms with Crippen molar-refractivity contribution in [2.45, 2.75) is 13.5 Å². The molecule has 0 amide bonds. The van der Waals surface area contributed by atoms with Gasteiger partial charge in [-0.15, -0.1) is 0 Å². The van der Waals surface area contributed by atoms with Crippen molar-refractivity contribution >= 4 is 11.8 Å². The molecule has 0 fully saturated rings. The van der Waals surface area contributed by atoms with Gasteiger partial charge in [0.1, 0.15) is 5.82 Å². The molecule has 0 saturated heterocycles. The van der Waals surface area contributed by atoms with Gasteiger partial charge in [0.05, 0.1) is 24.1 Å². The zero-order chi connectivity index (χ0) is 13.0. The molecule has 6 nitrogen and oxygen atoms in total. The summed E-state index contributed by atoms with van der Waals surface area (Å²) in [6, 6.07) is 4.78.